The highest BCUT2D eigenvalue weighted by Gasteiger charge is 2.43. The summed E-state index contributed by atoms with van der Waals surface area (Å²) in [6.07, 6.45) is -22.4. The molecule has 0 N–H and O–H groups in total. The zero-order valence-corrected chi connectivity index (χ0v) is 54.1. The lowest BCUT2D eigenvalue weighted by Gasteiger charge is -2.43. The van der Waals surface area contributed by atoms with Gasteiger partial charge in [0.2, 0.25) is 0 Å². The lowest BCUT2D eigenvalue weighted by Crippen LogP contribution is -2.46. The van der Waals surface area contributed by atoms with E-state index in [9.17, 15) is 20.5 Å². The molecule has 0 saturated carbocycles. The van der Waals surface area contributed by atoms with Crippen LogP contribution in [0.15, 0.2) is 48.4 Å². The summed E-state index contributed by atoms with van der Waals surface area (Å²) in [6.45, 7) is -5.29. The van der Waals surface area contributed by atoms with E-state index >= 15 is 0 Å². The van der Waals surface area contributed by atoms with Gasteiger partial charge in [0.25, 0.3) is 0 Å². The van der Waals surface area contributed by atoms with Crippen LogP contribution in [-0.2, 0) is 44.8 Å². The summed E-state index contributed by atoms with van der Waals surface area (Å²) in [6, 6.07) is -6.26. The maximum absolute atomic E-state index is 14.1. The number of piperidine rings is 4. The van der Waals surface area contributed by atoms with Crippen molar-refractivity contribution in [3.63, 3.8) is 0 Å². The van der Waals surface area contributed by atoms with E-state index in [2.05, 4.69) is 18.7 Å². The number of nitrogens with zero attached hydrogens (tertiary/aromatic N) is 4. The van der Waals surface area contributed by atoms with Gasteiger partial charge in [0, 0.05) is 164 Å². The predicted molar refractivity (Wildman–Crippen MR) is 370 cm³/mol. The molecule has 0 bridgehead atoms. The molecule has 8 aliphatic rings. The Bertz CT molecular complexity index is 5420. The molecule has 16 heteroatoms. The third-order valence-electron chi connectivity index (χ3n) is 17.0. The quantitative estimate of drug-likeness (QED) is 0.0926. The largest absolute Gasteiger partial charge is 0.493 e. The summed E-state index contributed by atoms with van der Waals surface area (Å²) >= 11 is 0. The number of rotatable bonds is 18. The summed E-state index contributed by atoms with van der Waals surface area (Å²) < 4.78 is 425. The SMILES string of the molecule is [2H]C([2H])([2H])Oc1cc2c(cc1OC)C([2H])([2H])C([2H])([2H])N1C([2H])([2H])C([2H])(C([2H])([2H])C([2H])(C([2H])([2H])[2H])C([2H])([2H])C)C(=O)C([2H])([2H])C21[2H].[2H]c1c2c(c([2H])c(OC([2H])([2H])[2H])c1OC)C1CC(=O)C(C([2H])([2H])C([2H])(C([2H])([2H])[2H])C([2H])([2H])C)CN1CC2.[2H]c1c2c(c([2H])c(OC([2H])([2H])[2H])c1OC)C1CC(=O)C(CC(C)C)CN1CC2.[2H]c1c2c(c([2H])c(OC([2H])([2H])[2H])c1OC)C1N(CC2)CC([2H])(CC(C)C)C(=O)C1([2H])[2H]. The van der Waals surface area contributed by atoms with Gasteiger partial charge in [-0.3, -0.25) is 38.8 Å². The lowest BCUT2D eigenvalue weighted by atomic mass is 9.79. The van der Waals surface area contributed by atoms with Crippen molar-refractivity contribution in [1.29, 1.82) is 0 Å². The predicted octanol–water partition coefficient (Wildman–Crippen LogP) is 13.7. The average molecular weight is 1350 g/mol. The normalized spacial score (nSPS) is 39.1. The van der Waals surface area contributed by atoms with Gasteiger partial charge in [-0.15, -0.1) is 0 Å². The number of hydrogen-bond donors (Lipinski definition) is 0. The molecule has 12 rings (SSSR count). The van der Waals surface area contributed by atoms with E-state index in [0.717, 1.165) is 20.5 Å². The summed E-state index contributed by atoms with van der Waals surface area (Å²) in [5.74, 6) is -22.0. The van der Waals surface area contributed by atoms with E-state index < -0.39 is 216 Å². The van der Waals surface area contributed by atoms with Crippen LogP contribution < -0.4 is 37.9 Å². The molecular formula is C78H112N4O12. The van der Waals surface area contributed by atoms with Gasteiger partial charge < -0.3 is 37.9 Å². The van der Waals surface area contributed by atoms with Crippen LogP contribution >= 0.6 is 0 Å². The molecule has 516 valence electrons. The van der Waals surface area contributed by atoms with E-state index in [1.165, 1.54) is 21.3 Å². The van der Waals surface area contributed by atoms with Crippen molar-refractivity contribution in [3.8, 4) is 46.0 Å². The Labute approximate surface area is 628 Å². The fourth-order valence-electron chi connectivity index (χ4n) is 12.5. The number of carbonyl (C=O) groups excluding carboxylic acids is 4. The average Bonchev–Trinajstić information content (AvgIpc) is 0.636. The fraction of sp³-hybridized carbons (Fsp3) is 0.641. The highest BCUT2D eigenvalue weighted by atomic mass is 16.5. The lowest BCUT2D eigenvalue weighted by molar-refractivity contribution is -0.130. The first kappa shape index (κ1) is 32.4. The zero-order chi connectivity index (χ0) is 109. The second kappa shape index (κ2) is 32.7. The molecule has 0 spiro atoms. The molecule has 0 radical (unpaired) electrons. The van der Waals surface area contributed by atoms with Gasteiger partial charge in [-0.25, -0.2) is 0 Å². The van der Waals surface area contributed by atoms with E-state index in [1.807, 2.05) is 13.8 Å². The molecule has 0 amide bonds. The van der Waals surface area contributed by atoms with Crippen molar-refractivity contribution in [2.75, 3.05) is 109 Å². The second-order valence-electron chi connectivity index (χ2n) is 23.9. The summed E-state index contributed by atoms with van der Waals surface area (Å²) in [5.41, 5.74) is 0.0684. The van der Waals surface area contributed by atoms with Crippen molar-refractivity contribution >= 4 is 23.1 Å². The maximum atomic E-state index is 14.1. The van der Waals surface area contributed by atoms with E-state index in [-0.39, 0.29) is 133 Å². The first-order valence-electron chi connectivity index (χ1n) is 54.1. The Morgan fingerprint density at radius 2 is 0.957 bits per heavy atom. The third kappa shape index (κ3) is 16.4. The Morgan fingerprint density at radius 1 is 0.511 bits per heavy atom. The first-order valence-corrected chi connectivity index (χ1v) is 30.6. The van der Waals surface area contributed by atoms with Gasteiger partial charge in [0.15, 0.2) is 46.0 Å². The van der Waals surface area contributed by atoms with Crippen molar-refractivity contribution in [2.45, 2.75) is 169 Å². The van der Waals surface area contributed by atoms with Gasteiger partial charge in [-0.05, 0) is 168 Å². The molecule has 4 fully saturated rings. The van der Waals surface area contributed by atoms with Gasteiger partial charge in [0.05, 0.1) is 82.6 Å². The molecular weight excluding hydrogens is 1180 g/mol. The topological polar surface area (TPSA) is 155 Å². The Balaban J connectivity index is 0.000000213. The summed E-state index contributed by atoms with van der Waals surface area (Å²) in [7, 11) is -7.10. The van der Waals surface area contributed by atoms with Crippen LogP contribution in [0.3, 0.4) is 0 Å². The third-order valence-corrected chi connectivity index (χ3v) is 17.0. The zero-order valence-electron chi connectivity index (χ0n) is 101. The van der Waals surface area contributed by atoms with Crippen molar-refractivity contribution in [1.82, 2.24) is 19.6 Å². The van der Waals surface area contributed by atoms with Crippen LogP contribution in [0, 0.1) is 47.2 Å². The van der Waals surface area contributed by atoms with Crippen LogP contribution in [0.4, 0.5) is 0 Å². The van der Waals surface area contributed by atoms with E-state index in [0.29, 0.717) is 73.3 Å². The van der Waals surface area contributed by atoms with Crippen LogP contribution in [0.5, 0.6) is 46.0 Å². The van der Waals surface area contributed by atoms with Crippen molar-refractivity contribution in [2.24, 2.45) is 47.2 Å². The monoisotopic (exact) mass is 1340 g/mol. The first-order chi connectivity index (χ1) is 63.3. The molecule has 8 heterocycles. The molecule has 10 atom stereocenters. The standard InChI is InChI=1S/2C20H29NO3.2C19H27NO3/c2*1-5-13(2)8-15-12-21-7-6-14-9-19(23-3)20(24-4)10-16(14)17(21)11-18(15)22;2*1-12(2)7-14-11-20-6-5-13-8-18(22-3)19(23-4)9-15(13)16(20)10-17(14)21/h2*9-10,13,15,17H,5-8,11-12H2,1-4H3;2*8-9,12,14,16H,5-7,10-11H2,1-4H3/i2D3,4D3,5D2,6D2,7D2,8D2,11D2,12D2,13D,15D,17D;2D3,4D3,5D2,8D2,9D,10D,13D;4D3,8D,9D,10D2,14D;4D3,8D,9D. The number of methoxy groups -OCH3 is 8. The molecule has 16 nitrogen and oxygen atoms in total. The number of fused-ring (bicyclic) bond motifs is 12. The fourth-order valence-corrected chi connectivity index (χ4v) is 12.5. The van der Waals surface area contributed by atoms with Gasteiger partial charge in [0.1, 0.15) is 23.1 Å². The number of aryl methyl sites for hydroxylation is 1. The van der Waals surface area contributed by atoms with E-state index in [4.69, 9.17) is 101 Å². The number of carbonyl (C=O) groups is 4. The second-order valence-corrected chi connectivity index (χ2v) is 23.9. The van der Waals surface area contributed by atoms with Crippen LogP contribution in [-0.4, -0.2) is 152 Å². The van der Waals surface area contributed by atoms with Gasteiger partial charge >= 0.3 is 0 Å². The highest BCUT2D eigenvalue weighted by molar-refractivity contribution is 5.85. The van der Waals surface area contributed by atoms with Gasteiger partial charge in [-0.2, -0.15) is 0 Å². The van der Waals surface area contributed by atoms with Gasteiger partial charge in [-0.1, -0.05) is 68.0 Å². The number of ether oxygens (including phenoxy) is 8. The van der Waals surface area contributed by atoms with Crippen LogP contribution in [0.2, 0.25) is 0 Å². The molecule has 4 aromatic rings. The Hall–Kier alpha value is -6.20. The number of Topliss-reactive ketones (excluding diaryl/α,β-unsaturated/α-hetero) is 4. The molecule has 8 aliphatic heterocycles. The highest BCUT2D eigenvalue weighted by Crippen LogP contribution is 2.48. The minimum atomic E-state index is -4.58. The Morgan fingerprint density at radius 3 is 1.45 bits per heavy atom. The molecule has 0 aromatic heterocycles. The molecule has 0 aliphatic carbocycles. The molecule has 4 saturated heterocycles. The minimum Gasteiger partial charge on any atom is -0.493 e. The molecule has 4 aromatic carbocycles. The van der Waals surface area contributed by atoms with Crippen molar-refractivity contribution < 1.29 is 121 Å². The van der Waals surface area contributed by atoms with E-state index in [1.54, 1.807) is 9.80 Å². The number of hydrogen-bond acceptors (Lipinski definition) is 16. The smallest absolute Gasteiger partial charge is 0.161 e. The Kier molecular flexibility index (Phi) is 11.3. The summed E-state index contributed by atoms with van der Waals surface area (Å²) in [5, 5.41) is 0. The van der Waals surface area contributed by atoms with Crippen molar-refractivity contribution in [3.05, 3.63) is 92.9 Å². The molecule has 10 unspecified atom stereocenters. The van der Waals surface area contributed by atoms with Crippen LogP contribution in [0.1, 0.15) is 252 Å². The number of ketones is 4. The van der Waals surface area contributed by atoms with Crippen LogP contribution in [0.25, 0.3) is 0 Å². The molecule has 94 heavy (non-hydrogen) atoms. The number of benzene rings is 4. The summed E-state index contributed by atoms with van der Waals surface area (Å²) in [4.78, 5) is 58.2. The maximum Gasteiger partial charge on any atom is 0.161 e. The minimum absolute atomic E-state index is 0.00188.